The molecule has 0 radical (unpaired) electrons. The second-order valence-corrected chi connectivity index (χ2v) is 3.70. The van der Waals surface area contributed by atoms with Gasteiger partial charge in [-0.3, -0.25) is 0 Å². The summed E-state index contributed by atoms with van der Waals surface area (Å²) in [4.78, 5) is 19.8. The van der Waals surface area contributed by atoms with E-state index < -0.39 is 4.92 Å². The number of halogens is 1. The number of hydrogen-bond donors (Lipinski definition) is 0. The van der Waals surface area contributed by atoms with Gasteiger partial charge in [0, 0.05) is 17.4 Å². The van der Waals surface area contributed by atoms with Gasteiger partial charge in [0.15, 0.2) is 0 Å². The Kier molecular flexibility index (Phi) is 5.66. The minimum absolute atomic E-state index is 0. The van der Waals surface area contributed by atoms with Crippen molar-refractivity contribution >= 4 is 28.5 Å². The Morgan fingerprint density at radius 3 is 2.58 bits per heavy atom. The van der Waals surface area contributed by atoms with Crippen molar-refractivity contribution in [3.8, 4) is 0 Å². The number of nitro groups is 1. The minimum atomic E-state index is -0.639. The Labute approximate surface area is 126 Å². The molecule has 0 fully saturated rings. The summed E-state index contributed by atoms with van der Waals surface area (Å²) in [6, 6.07) is 7.61. The molecule has 0 spiro atoms. The smallest absolute Gasteiger partial charge is 0.664 e. The van der Waals surface area contributed by atoms with Crippen LogP contribution in [-0.2, 0) is 19.5 Å². The zero-order valence-electron chi connectivity index (χ0n) is 9.73. The molecule has 3 rings (SSSR count). The second kappa shape index (κ2) is 7.02. The molecule has 0 saturated carbocycles. The standard InChI is InChI=1S/C8H5ClN.C3H2N3O2.Zn/c9-7-1-2-8-6(5-7)3-4-10-8;7-6(8)3-4-1-2-5-3;/h1-5H;1-2H;/q2*-1;+2. The molecule has 19 heavy (non-hydrogen) atoms. The van der Waals surface area contributed by atoms with Crippen LogP contribution in [0.3, 0.4) is 0 Å². The van der Waals surface area contributed by atoms with E-state index in [2.05, 4.69) is 15.0 Å². The average Bonchev–Trinajstić information content (AvgIpc) is 3.00. The van der Waals surface area contributed by atoms with E-state index >= 15 is 0 Å². The Balaban J connectivity index is 0.000000185. The van der Waals surface area contributed by atoms with Crippen molar-refractivity contribution in [3.05, 3.63) is 58.0 Å². The molecule has 0 aliphatic carbocycles. The zero-order valence-corrected chi connectivity index (χ0v) is 13.5. The monoisotopic (exact) mass is 326 g/mol. The number of benzene rings is 1. The quantitative estimate of drug-likeness (QED) is 0.389. The first-order valence-corrected chi connectivity index (χ1v) is 5.29. The van der Waals surface area contributed by atoms with Crippen LogP contribution in [0.5, 0.6) is 0 Å². The summed E-state index contributed by atoms with van der Waals surface area (Å²) in [6.07, 6.45) is 4.33. The van der Waals surface area contributed by atoms with Crippen molar-refractivity contribution in [2.24, 2.45) is 0 Å². The molecule has 2 aromatic heterocycles. The molecule has 1 aromatic carbocycles. The molecule has 6 nitrogen and oxygen atoms in total. The van der Waals surface area contributed by atoms with Crippen LogP contribution in [0.25, 0.3) is 10.9 Å². The largest absolute Gasteiger partial charge is 2.00 e. The predicted octanol–water partition coefficient (Wildman–Crippen LogP) is 2.39. The fraction of sp³-hybridized carbons (Fsp3) is 0. The van der Waals surface area contributed by atoms with Gasteiger partial charge < -0.3 is 15.1 Å². The van der Waals surface area contributed by atoms with E-state index in [1.54, 1.807) is 6.20 Å². The minimum Gasteiger partial charge on any atom is -0.664 e. The van der Waals surface area contributed by atoms with Crippen LogP contribution >= 0.6 is 11.6 Å². The van der Waals surface area contributed by atoms with Crippen LogP contribution in [-0.4, -0.2) is 9.91 Å². The van der Waals surface area contributed by atoms with Crippen molar-refractivity contribution in [3.63, 3.8) is 0 Å². The van der Waals surface area contributed by atoms with Gasteiger partial charge in [-0.25, -0.2) is 9.97 Å². The third kappa shape index (κ3) is 4.15. The van der Waals surface area contributed by atoms with Gasteiger partial charge in [0.2, 0.25) is 0 Å². The maximum absolute atomic E-state index is 9.74. The van der Waals surface area contributed by atoms with Crippen LogP contribution in [0, 0.1) is 10.1 Å². The molecule has 0 bridgehead atoms. The summed E-state index contributed by atoms with van der Waals surface area (Å²) in [7, 11) is 0. The number of fused-ring (bicyclic) bond motifs is 1. The van der Waals surface area contributed by atoms with Crippen molar-refractivity contribution in [2.75, 3.05) is 0 Å². The summed E-state index contributed by atoms with van der Waals surface area (Å²) in [5.74, 6) is -0.343. The molecule has 0 N–H and O–H groups in total. The van der Waals surface area contributed by atoms with Gasteiger partial charge in [0.05, 0.1) is 0 Å². The number of imidazole rings is 1. The van der Waals surface area contributed by atoms with Gasteiger partial charge in [-0.2, -0.15) is 11.1 Å². The maximum atomic E-state index is 9.74. The van der Waals surface area contributed by atoms with Crippen LogP contribution in [0.2, 0.25) is 5.02 Å². The van der Waals surface area contributed by atoms with Crippen molar-refractivity contribution in [1.29, 1.82) is 0 Å². The topological polar surface area (TPSA) is 84.2 Å². The van der Waals surface area contributed by atoms with E-state index in [1.165, 1.54) is 12.4 Å². The third-order valence-electron chi connectivity index (χ3n) is 2.07. The number of rotatable bonds is 1. The Bertz CT molecular complexity index is 654. The molecular weight excluding hydrogens is 321 g/mol. The molecule has 0 aliphatic rings. The summed E-state index contributed by atoms with van der Waals surface area (Å²) < 4.78 is 0. The predicted molar refractivity (Wildman–Crippen MR) is 66.5 cm³/mol. The zero-order chi connectivity index (χ0) is 13.0. The summed E-state index contributed by atoms with van der Waals surface area (Å²) in [5.41, 5.74) is 1.00. The molecule has 8 heteroatoms. The van der Waals surface area contributed by atoms with E-state index in [0.717, 1.165) is 15.9 Å². The van der Waals surface area contributed by atoms with Gasteiger partial charge in [-0.1, -0.05) is 23.7 Å². The third-order valence-corrected chi connectivity index (χ3v) is 2.30. The van der Waals surface area contributed by atoms with E-state index in [4.69, 9.17) is 11.6 Å². The Hall–Kier alpha value is -1.72. The van der Waals surface area contributed by atoms with Gasteiger partial charge in [-0.05, 0) is 17.5 Å². The van der Waals surface area contributed by atoms with Gasteiger partial charge in [0.25, 0.3) is 5.95 Å². The average molecular weight is 328 g/mol. The van der Waals surface area contributed by atoms with E-state index in [-0.39, 0.29) is 25.4 Å². The Morgan fingerprint density at radius 2 is 2.00 bits per heavy atom. The van der Waals surface area contributed by atoms with Crippen LogP contribution in [0.4, 0.5) is 5.95 Å². The number of nitrogens with zero attached hydrogens (tertiary/aromatic N) is 4. The van der Waals surface area contributed by atoms with Gasteiger partial charge in [-0.15, -0.1) is 5.52 Å². The number of aromatic nitrogens is 3. The molecular formula is C11H7ClN4O2Zn. The SMILES string of the molecule is Clc1ccc2[n-]ccc2c1.O=[N+]([O-])c1ncc[n-]1.[Zn+2]. The summed E-state index contributed by atoms with van der Waals surface area (Å²) >= 11 is 5.75. The van der Waals surface area contributed by atoms with Crippen LogP contribution < -0.4 is 9.97 Å². The Morgan fingerprint density at radius 1 is 1.21 bits per heavy atom. The van der Waals surface area contributed by atoms with Gasteiger partial charge in [0.1, 0.15) is 0 Å². The second-order valence-electron chi connectivity index (χ2n) is 3.26. The molecule has 0 aliphatic heterocycles. The van der Waals surface area contributed by atoms with Crippen molar-refractivity contribution < 1.29 is 24.4 Å². The molecule has 92 valence electrons. The summed E-state index contributed by atoms with van der Waals surface area (Å²) in [6.45, 7) is 0. The van der Waals surface area contributed by atoms with Crippen LogP contribution in [0.15, 0.2) is 42.9 Å². The van der Waals surface area contributed by atoms with E-state index in [9.17, 15) is 10.1 Å². The first-order valence-electron chi connectivity index (χ1n) is 4.92. The fourth-order valence-corrected chi connectivity index (χ4v) is 1.48. The molecule has 2 heterocycles. The molecule has 0 saturated heterocycles. The molecule has 0 atom stereocenters. The summed E-state index contributed by atoms with van der Waals surface area (Å²) in [5, 5.41) is 11.6. The van der Waals surface area contributed by atoms with Crippen LogP contribution in [0.1, 0.15) is 0 Å². The van der Waals surface area contributed by atoms with E-state index in [1.807, 2.05) is 24.3 Å². The van der Waals surface area contributed by atoms with Crippen molar-refractivity contribution in [2.45, 2.75) is 0 Å². The van der Waals surface area contributed by atoms with Crippen molar-refractivity contribution in [1.82, 2.24) is 15.0 Å². The van der Waals surface area contributed by atoms with Gasteiger partial charge >= 0.3 is 19.5 Å². The fourth-order valence-electron chi connectivity index (χ4n) is 1.30. The normalized spacial score (nSPS) is 9.32. The van der Waals surface area contributed by atoms with E-state index in [0.29, 0.717) is 0 Å². The first-order chi connectivity index (χ1) is 8.66. The molecule has 0 amide bonds. The maximum Gasteiger partial charge on any atom is 2.00 e. The first kappa shape index (κ1) is 15.3. The number of hydrogen-bond acceptors (Lipinski definition) is 3. The molecule has 3 aromatic rings. The molecule has 0 unspecified atom stereocenters.